The van der Waals surface area contributed by atoms with Crippen molar-refractivity contribution in [3.8, 4) is 0 Å². The molecule has 0 saturated carbocycles. The number of halogens is 2. The van der Waals surface area contributed by atoms with Crippen molar-refractivity contribution in [2.75, 3.05) is 5.73 Å². The maximum absolute atomic E-state index is 13.7. The van der Waals surface area contributed by atoms with E-state index in [1.165, 1.54) is 17.2 Å². The highest BCUT2D eigenvalue weighted by Crippen LogP contribution is 2.26. The summed E-state index contributed by atoms with van der Waals surface area (Å²) in [5.41, 5.74) is 9.73. The number of imidazole rings is 1. The fourth-order valence-corrected chi connectivity index (χ4v) is 3.20. The standard InChI is InChI=1S/C13H11BrFN3S/c1-7-5-19-6-8(7)4-18-12-3-10(15)9(14)2-11(12)17-13(18)16/h2-3,5-6H,4H2,1H3,(H2,16,17). The SMILES string of the molecule is Cc1cscc1Cn1c(N)nc2cc(Br)c(F)cc21. The lowest BCUT2D eigenvalue weighted by Crippen LogP contribution is -2.04. The summed E-state index contributed by atoms with van der Waals surface area (Å²) < 4.78 is 15.9. The molecule has 0 aliphatic heterocycles. The number of hydrogen-bond acceptors (Lipinski definition) is 3. The Morgan fingerprint density at radius 2 is 2.21 bits per heavy atom. The van der Waals surface area contributed by atoms with Crippen molar-refractivity contribution in [3.05, 3.63) is 44.3 Å². The van der Waals surface area contributed by atoms with Crippen LogP contribution in [0.1, 0.15) is 11.1 Å². The summed E-state index contributed by atoms with van der Waals surface area (Å²) in [7, 11) is 0. The van der Waals surface area contributed by atoms with Gasteiger partial charge < -0.3 is 10.3 Å². The molecule has 3 rings (SSSR count). The van der Waals surface area contributed by atoms with Crippen LogP contribution in [-0.2, 0) is 6.54 Å². The van der Waals surface area contributed by atoms with E-state index in [0.717, 1.165) is 0 Å². The second-order valence-corrected chi connectivity index (χ2v) is 5.99. The van der Waals surface area contributed by atoms with Crippen LogP contribution >= 0.6 is 27.3 Å². The number of nitrogens with two attached hydrogens (primary N) is 1. The van der Waals surface area contributed by atoms with Gasteiger partial charge in [0, 0.05) is 6.07 Å². The van der Waals surface area contributed by atoms with Crippen molar-refractivity contribution < 1.29 is 4.39 Å². The maximum atomic E-state index is 13.7. The van der Waals surface area contributed by atoms with Gasteiger partial charge in [0.15, 0.2) is 0 Å². The molecule has 19 heavy (non-hydrogen) atoms. The zero-order chi connectivity index (χ0) is 13.6. The lowest BCUT2D eigenvalue weighted by Gasteiger charge is -2.06. The van der Waals surface area contributed by atoms with Crippen LogP contribution < -0.4 is 5.73 Å². The van der Waals surface area contributed by atoms with Gasteiger partial charge >= 0.3 is 0 Å². The van der Waals surface area contributed by atoms with Gasteiger partial charge in [0.1, 0.15) is 5.82 Å². The van der Waals surface area contributed by atoms with Crippen LogP contribution in [0.5, 0.6) is 0 Å². The molecule has 3 aromatic rings. The highest BCUT2D eigenvalue weighted by atomic mass is 79.9. The lowest BCUT2D eigenvalue weighted by atomic mass is 10.2. The molecule has 2 aromatic heterocycles. The topological polar surface area (TPSA) is 43.8 Å². The summed E-state index contributed by atoms with van der Waals surface area (Å²) in [4.78, 5) is 4.27. The smallest absolute Gasteiger partial charge is 0.201 e. The number of fused-ring (bicyclic) bond motifs is 1. The van der Waals surface area contributed by atoms with Gasteiger partial charge in [-0.25, -0.2) is 9.37 Å². The molecule has 2 heterocycles. The maximum Gasteiger partial charge on any atom is 0.201 e. The van der Waals surface area contributed by atoms with Gasteiger partial charge in [-0.3, -0.25) is 0 Å². The third-order valence-electron chi connectivity index (χ3n) is 3.11. The Morgan fingerprint density at radius 3 is 2.89 bits per heavy atom. The molecular formula is C13H11BrFN3S. The van der Waals surface area contributed by atoms with Crippen LogP contribution in [0, 0.1) is 12.7 Å². The summed E-state index contributed by atoms with van der Waals surface area (Å²) in [6.07, 6.45) is 0. The van der Waals surface area contributed by atoms with E-state index in [9.17, 15) is 4.39 Å². The van der Waals surface area contributed by atoms with E-state index in [1.807, 2.05) is 4.57 Å². The molecule has 1 aromatic carbocycles. The monoisotopic (exact) mass is 339 g/mol. The molecule has 0 aliphatic rings. The van der Waals surface area contributed by atoms with Crippen LogP contribution in [-0.4, -0.2) is 9.55 Å². The number of hydrogen-bond donors (Lipinski definition) is 1. The fourth-order valence-electron chi connectivity index (χ4n) is 2.02. The van der Waals surface area contributed by atoms with Crippen molar-refractivity contribution in [1.82, 2.24) is 9.55 Å². The molecule has 98 valence electrons. The second-order valence-electron chi connectivity index (χ2n) is 4.39. The molecular weight excluding hydrogens is 329 g/mol. The Balaban J connectivity index is 2.15. The average molecular weight is 340 g/mol. The van der Waals surface area contributed by atoms with E-state index in [0.29, 0.717) is 28.0 Å². The molecule has 0 fully saturated rings. The largest absolute Gasteiger partial charge is 0.369 e. The number of aromatic nitrogens is 2. The molecule has 0 atom stereocenters. The second kappa shape index (κ2) is 4.61. The predicted molar refractivity (Wildman–Crippen MR) is 80.0 cm³/mol. The van der Waals surface area contributed by atoms with E-state index in [4.69, 9.17) is 5.73 Å². The first-order valence-electron chi connectivity index (χ1n) is 5.68. The molecule has 3 nitrogen and oxygen atoms in total. The normalized spacial score (nSPS) is 11.3. The zero-order valence-electron chi connectivity index (χ0n) is 10.2. The molecule has 0 amide bonds. The van der Waals surface area contributed by atoms with Crippen molar-refractivity contribution in [1.29, 1.82) is 0 Å². The number of nitrogens with zero attached hydrogens (tertiary/aromatic N) is 2. The summed E-state index contributed by atoms with van der Waals surface area (Å²) in [6, 6.07) is 3.11. The van der Waals surface area contributed by atoms with Crippen LogP contribution in [0.15, 0.2) is 27.4 Å². The highest BCUT2D eigenvalue weighted by molar-refractivity contribution is 9.10. The van der Waals surface area contributed by atoms with E-state index in [1.54, 1.807) is 17.4 Å². The van der Waals surface area contributed by atoms with E-state index in [2.05, 4.69) is 38.6 Å². The van der Waals surface area contributed by atoms with E-state index >= 15 is 0 Å². The van der Waals surface area contributed by atoms with E-state index in [-0.39, 0.29) is 5.82 Å². The first-order chi connectivity index (χ1) is 9.06. The van der Waals surface area contributed by atoms with Crippen molar-refractivity contribution >= 4 is 44.2 Å². The number of nitrogen functional groups attached to an aromatic ring is 1. The molecule has 0 spiro atoms. The number of rotatable bonds is 2. The number of thiophene rings is 1. The molecule has 0 saturated heterocycles. The predicted octanol–water partition coefficient (Wildman–Crippen LogP) is 3.94. The minimum absolute atomic E-state index is 0.310. The van der Waals surface area contributed by atoms with Gasteiger partial charge in [-0.15, -0.1) is 0 Å². The minimum atomic E-state index is -0.310. The minimum Gasteiger partial charge on any atom is -0.369 e. The summed E-state index contributed by atoms with van der Waals surface area (Å²) in [6.45, 7) is 2.66. The fraction of sp³-hybridized carbons (Fsp3) is 0.154. The van der Waals surface area contributed by atoms with Gasteiger partial charge in [0.2, 0.25) is 5.95 Å². The van der Waals surface area contributed by atoms with Gasteiger partial charge in [-0.1, -0.05) is 0 Å². The number of anilines is 1. The summed E-state index contributed by atoms with van der Waals surface area (Å²) in [5, 5.41) is 4.16. The van der Waals surface area contributed by atoms with E-state index < -0.39 is 0 Å². The van der Waals surface area contributed by atoms with Crippen molar-refractivity contribution in [2.24, 2.45) is 0 Å². The summed E-state index contributed by atoms with van der Waals surface area (Å²) >= 11 is 4.81. The Kier molecular flexibility index (Phi) is 3.06. The third-order valence-corrected chi connectivity index (χ3v) is 4.63. The Bertz CT molecular complexity index is 763. The Hall–Kier alpha value is -1.40. The Labute approximate surface area is 122 Å². The zero-order valence-corrected chi connectivity index (χ0v) is 12.6. The number of benzene rings is 1. The molecule has 2 N–H and O–H groups in total. The van der Waals surface area contributed by atoms with Crippen LogP contribution in [0.25, 0.3) is 11.0 Å². The van der Waals surface area contributed by atoms with Crippen LogP contribution in [0.3, 0.4) is 0 Å². The molecule has 0 aliphatic carbocycles. The first kappa shape index (κ1) is 12.6. The van der Waals surface area contributed by atoms with Gasteiger partial charge in [0.25, 0.3) is 0 Å². The highest BCUT2D eigenvalue weighted by Gasteiger charge is 2.12. The average Bonchev–Trinajstić information content (AvgIpc) is 2.88. The van der Waals surface area contributed by atoms with Crippen molar-refractivity contribution in [2.45, 2.75) is 13.5 Å². The number of aryl methyl sites for hydroxylation is 1. The van der Waals surface area contributed by atoms with Gasteiger partial charge in [0.05, 0.1) is 22.1 Å². The molecule has 6 heteroatoms. The third kappa shape index (κ3) is 2.15. The van der Waals surface area contributed by atoms with Crippen molar-refractivity contribution in [3.63, 3.8) is 0 Å². The van der Waals surface area contributed by atoms with Crippen LogP contribution in [0.4, 0.5) is 10.3 Å². The first-order valence-corrected chi connectivity index (χ1v) is 7.42. The molecule has 0 bridgehead atoms. The van der Waals surface area contributed by atoms with Gasteiger partial charge in [-0.2, -0.15) is 11.3 Å². The Morgan fingerprint density at radius 1 is 1.42 bits per heavy atom. The quantitative estimate of drug-likeness (QED) is 0.768. The summed E-state index contributed by atoms with van der Waals surface area (Å²) in [5.74, 6) is 0.0915. The van der Waals surface area contributed by atoms with Gasteiger partial charge in [-0.05, 0) is 50.8 Å². The molecule has 0 radical (unpaired) electrons. The molecule has 0 unspecified atom stereocenters. The van der Waals surface area contributed by atoms with Crippen LogP contribution in [0.2, 0.25) is 0 Å². The lowest BCUT2D eigenvalue weighted by molar-refractivity contribution is 0.622.